The predicted octanol–water partition coefficient (Wildman–Crippen LogP) is 4.88. The van der Waals surface area contributed by atoms with Crippen LogP contribution in [0.4, 0.5) is 10.9 Å². The van der Waals surface area contributed by atoms with Gasteiger partial charge < -0.3 is 15.0 Å². The fraction of sp³-hybridized carbons (Fsp3) is 0.500. The van der Waals surface area contributed by atoms with Gasteiger partial charge in [-0.05, 0) is 77.6 Å². The Morgan fingerprint density at radius 1 is 1.05 bits per heavy atom. The average Bonchev–Trinajstić information content (AvgIpc) is 3.68. The number of fused-ring (bicyclic) bond motifs is 1. The number of hydrogen-bond acceptors (Lipinski definition) is 8. The van der Waals surface area contributed by atoms with E-state index in [2.05, 4.69) is 26.8 Å². The first-order valence-electron chi connectivity index (χ1n) is 13.8. The van der Waals surface area contributed by atoms with Crippen molar-refractivity contribution < 1.29 is 5.11 Å². The Morgan fingerprint density at radius 3 is 2.68 bits per heavy atom. The molecule has 2 aliphatic rings. The summed E-state index contributed by atoms with van der Waals surface area (Å²) in [4.78, 5) is 16.5. The van der Waals surface area contributed by atoms with Gasteiger partial charge in [0.15, 0.2) is 5.13 Å². The van der Waals surface area contributed by atoms with Crippen molar-refractivity contribution in [2.45, 2.75) is 78.0 Å². The molecule has 0 amide bonds. The van der Waals surface area contributed by atoms with E-state index in [1.165, 1.54) is 56.5 Å². The van der Waals surface area contributed by atoms with E-state index in [0.29, 0.717) is 11.7 Å². The first-order chi connectivity index (χ1) is 18.6. The summed E-state index contributed by atoms with van der Waals surface area (Å²) in [6.45, 7) is 7.36. The van der Waals surface area contributed by atoms with Crippen molar-refractivity contribution in [1.82, 2.24) is 34.2 Å². The van der Waals surface area contributed by atoms with Crippen LogP contribution in [0.1, 0.15) is 61.7 Å². The number of imidazole rings is 1. The van der Waals surface area contributed by atoms with Crippen LogP contribution in [-0.4, -0.2) is 58.4 Å². The van der Waals surface area contributed by atoms with Gasteiger partial charge in [-0.3, -0.25) is 4.90 Å². The highest BCUT2D eigenvalue weighted by molar-refractivity contribution is 7.14. The lowest BCUT2D eigenvalue weighted by Gasteiger charge is -2.32. The smallest absolute Gasteiger partial charge is 0.188 e. The molecular weight excluding hydrogens is 496 g/mol. The molecular formula is C28H36N8OS. The maximum Gasteiger partial charge on any atom is 0.188 e. The van der Waals surface area contributed by atoms with Crippen LogP contribution in [0.15, 0.2) is 30.0 Å². The number of nitrogens with one attached hydrogen (secondary N) is 1. The van der Waals surface area contributed by atoms with E-state index in [1.54, 1.807) is 17.7 Å². The average molecular weight is 533 g/mol. The molecule has 1 fully saturated rings. The largest absolute Gasteiger partial charge is 0.390 e. The summed E-state index contributed by atoms with van der Waals surface area (Å²) in [5.74, 6) is 1.10. The van der Waals surface area contributed by atoms with E-state index in [0.717, 1.165) is 53.1 Å². The van der Waals surface area contributed by atoms with Crippen LogP contribution in [0.5, 0.6) is 0 Å². The second kappa shape index (κ2) is 11.0. The van der Waals surface area contributed by atoms with Crippen LogP contribution in [0.2, 0.25) is 0 Å². The summed E-state index contributed by atoms with van der Waals surface area (Å²) >= 11 is 1.57. The zero-order chi connectivity index (χ0) is 26.1. The Morgan fingerprint density at radius 2 is 1.89 bits per heavy atom. The molecule has 0 aromatic carbocycles. The Labute approximate surface area is 227 Å². The summed E-state index contributed by atoms with van der Waals surface area (Å²) in [5, 5.41) is 21.6. The zero-order valence-electron chi connectivity index (χ0n) is 22.2. The minimum Gasteiger partial charge on any atom is -0.390 e. The highest BCUT2D eigenvalue weighted by atomic mass is 32.1. The number of pyridine rings is 1. The number of aliphatic hydroxyl groups excluding tert-OH is 1. The minimum absolute atomic E-state index is 0.157. The monoisotopic (exact) mass is 532 g/mol. The Bertz CT molecular complexity index is 1400. The molecule has 4 aromatic rings. The molecule has 200 valence electrons. The molecule has 1 atom stereocenters. The van der Waals surface area contributed by atoms with Gasteiger partial charge in [-0.15, -0.1) is 11.3 Å². The lowest BCUT2D eigenvalue weighted by molar-refractivity contribution is 0.157. The number of thiazole rings is 1. The third kappa shape index (κ3) is 5.12. The summed E-state index contributed by atoms with van der Waals surface area (Å²) in [5.41, 5.74) is 6.46. The predicted molar refractivity (Wildman–Crippen MR) is 150 cm³/mol. The van der Waals surface area contributed by atoms with Gasteiger partial charge in [0, 0.05) is 23.2 Å². The molecule has 1 saturated heterocycles. The van der Waals surface area contributed by atoms with Gasteiger partial charge in [-0.1, -0.05) is 6.42 Å². The third-order valence-electron chi connectivity index (χ3n) is 7.76. The Hall–Kier alpha value is -3.08. The molecule has 6 rings (SSSR count). The standard InChI is InChI=1S/C28H36N8OS/c1-19-14-35(18-29-19)26-11-10-23(30-24(26)16-37)25-17-38-28(31-25)32-27-21-8-4-5-9-22(21)33-36(27)15-20(2)34-12-6-3-7-13-34/h10-11,14,17-18,20,37H,3-9,12-13,15-16H2,1-2H3,(H,31,32). The van der Waals surface area contributed by atoms with Crippen LogP contribution in [-0.2, 0) is 26.0 Å². The van der Waals surface area contributed by atoms with Gasteiger partial charge in [0.1, 0.15) is 11.5 Å². The second-order valence-electron chi connectivity index (χ2n) is 10.5. The van der Waals surface area contributed by atoms with Gasteiger partial charge in [-0.2, -0.15) is 5.10 Å². The normalized spacial score (nSPS) is 16.9. The summed E-state index contributed by atoms with van der Waals surface area (Å²) in [6.07, 6.45) is 12.1. The second-order valence-corrected chi connectivity index (χ2v) is 11.4. The van der Waals surface area contributed by atoms with Crippen LogP contribution in [0.25, 0.3) is 17.1 Å². The fourth-order valence-corrected chi connectivity index (χ4v) is 6.40. The fourth-order valence-electron chi connectivity index (χ4n) is 5.69. The van der Waals surface area contributed by atoms with Crippen molar-refractivity contribution in [3.8, 4) is 17.1 Å². The molecule has 2 N–H and O–H groups in total. The number of nitrogens with zero attached hydrogens (tertiary/aromatic N) is 7. The molecule has 38 heavy (non-hydrogen) atoms. The van der Waals surface area contributed by atoms with Gasteiger partial charge in [-0.25, -0.2) is 19.6 Å². The molecule has 0 saturated carbocycles. The Kier molecular flexibility index (Phi) is 7.27. The van der Waals surface area contributed by atoms with Crippen molar-refractivity contribution >= 4 is 22.3 Å². The van der Waals surface area contributed by atoms with Gasteiger partial charge in [0.05, 0.1) is 47.9 Å². The molecule has 0 bridgehead atoms. The van der Waals surface area contributed by atoms with Crippen LogP contribution in [0, 0.1) is 6.92 Å². The van der Waals surface area contributed by atoms with E-state index >= 15 is 0 Å². The lowest BCUT2D eigenvalue weighted by Crippen LogP contribution is -2.40. The number of hydrogen-bond donors (Lipinski definition) is 2. The summed E-state index contributed by atoms with van der Waals surface area (Å²) < 4.78 is 4.08. The molecule has 0 radical (unpaired) electrons. The number of aromatic nitrogens is 6. The zero-order valence-corrected chi connectivity index (χ0v) is 23.0. The molecule has 1 aliphatic carbocycles. The number of anilines is 2. The lowest BCUT2D eigenvalue weighted by atomic mass is 9.97. The molecule has 1 aliphatic heterocycles. The number of aliphatic hydroxyl groups is 1. The molecule has 9 nitrogen and oxygen atoms in total. The molecule has 0 spiro atoms. The SMILES string of the molecule is Cc1cn(-c2ccc(-c3csc(Nc4c5c(nn4CC(C)N4CCCCC4)CCCC5)n3)nc2CO)cn1. The first-order valence-corrected chi connectivity index (χ1v) is 14.6. The number of aryl methyl sites for hydroxylation is 2. The number of likely N-dealkylation sites (tertiary alicyclic amines) is 1. The van der Waals surface area contributed by atoms with Crippen molar-refractivity contribution in [3.05, 3.63) is 52.7 Å². The van der Waals surface area contributed by atoms with Crippen LogP contribution < -0.4 is 5.32 Å². The van der Waals surface area contributed by atoms with E-state index in [4.69, 9.17) is 15.1 Å². The quantitative estimate of drug-likeness (QED) is 0.334. The molecule has 10 heteroatoms. The Balaban J connectivity index is 1.25. The number of rotatable bonds is 8. The van der Waals surface area contributed by atoms with Crippen LogP contribution in [0.3, 0.4) is 0 Å². The van der Waals surface area contributed by atoms with Crippen molar-refractivity contribution in [3.63, 3.8) is 0 Å². The van der Waals surface area contributed by atoms with Crippen molar-refractivity contribution in [2.24, 2.45) is 0 Å². The van der Waals surface area contributed by atoms with Gasteiger partial charge >= 0.3 is 0 Å². The molecule has 5 heterocycles. The number of piperidine rings is 1. The topological polar surface area (TPSA) is 96.9 Å². The molecule has 4 aromatic heterocycles. The van der Waals surface area contributed by atoms with E-state index < -0.39 is 0 Å². The van der Waals surface area contributed by atoms with E-state index in [9.17, 15) is 5.11 Å². The van der Waals surface area contributed by atoms with Crippen molar-refractivity contribution in [2.75, 3.05) is 18.4 Å². The van der Waals surface area contributed by atoms with Crippen molar-refractivity contribution in [1.29, 1.82) is 0 Å². The maximum atomic E-state index is 10.0. The summed E-state index contributed by atoms with van der Waals surface area (Å²) in [7, 11) is 0. The first kappa shape index (κ1) is 25.2. The van der Waals surface area contributed by atoms with Crippen LogP contribution >= 0.6 is 11.3 Å². The highest BCUT2D eigenvalue weighted by Crippen LogP contribution is 2.33. The summed E-state index contributed by atoms with van der Waals surface area (Å²) in [6, 6.07) is 4.37. The van der Waals surface area contributed by atoms with Gasteiger partial charge in [0.25, 0.3) is 0 Å². The van der Waals surface area contributed by atoms with E-state index in [-0.39, 0.29) is 6.61 Å². The maximum absolute atomic E-state index is 10.0. The highest BCUT2D eigenvalue weighted by Gasteiger charge is 2.25. The molecule has 1 unspecified atom stereocenters. The minimum atomic E-state index is -0.157. The third-order valence-corrected chi connectivity index (χ3v) is 8.51. The van der Waals surface area contributed by atoms with Gasteiger partial charge in [0.2, 0.25) is 0 Å². The van der Waals surface area contributed by atoms with E-state index in [1.807, 2.05) is 35.2 Å².